The van der Waals surface area contributed by atoms with Crippen LogP contribution >= 0.6 is 11.6 Å². The smallest absolute Gasteiger partial charge is 0.0916 e. The van der Waals surface area contributed by atoms with Gasteiger partial charge in [-0.3, -0.25) is 4.98 Å². The Hall–Kier alpha value is -1.53. The summed E-state index contributed by atoms with van der Waals surface area (Å²) in [6.45, 7) is 3.72. The van der Waals surface area contributed by atoms with Crippen LogP contribution in [0.2, 0.25) is 5.02 Å². The molecule has 2 aromatic heterocycles. The minimum absolute atomic E-state index is 0.535. The first-order valence-electron chi connectivity index (χ1n) is 4.59. The van der Waals surface area contributed by atoms with Gasteiger partial charge in [0.2, 0.25) is 0 Å². The average Bonchev–Trinajstić information content (AvgIpc) is 2.61. The van der Waals surface area contributed by atoms with Gasteiger partial charge in [0.25, 0.3) is 0 Å². The third-order valence-corrected chi connectivity index (χ3v) is 2.60. The van der Waals surface area contributed by atoms with E-state index in [0.29, 0.717) is 5.02 Å². The van der Waals surface area contributed by atoms with Crippen LogP contribution in [0.5, 0.6) is 0 Å². The molecule has 3 nitrogen and oxygen atoms in total. The van der Waals surface area contributed by atoms with Crippen molar-refractivity contribution in [2.75, 3.05) is 0 Å². The fourth-order valence-electron chi connectivity index (χ4n) is 1.38. The van der Waals surface area contributed by atoms with Gasteiger partial charge in [0.05, 0.1) is 27.5 Å². The molecule has 0 aliphatic carbocycles. The van der Waals surface area contributed by atoms with Crippen molar-refractivity contribution < 1.29 is 0 Å². The molecule has 1 N–H and O–H groups in total. The Bertz CT molecular complexity index is 548. The van der Waals surface area contributed by atoms with E-state index in [9.17, 15) is 0 Å². The molecule has 0 aliphatic rings. The number of H-pyrrole nitrogens is 1. The molecule has 0 atom stereocenters. The highest BCUT2D eigenvalue weighted by Gasteiger charge is 2.22. The average molecular weight is 220 g/mol. The molecule has 0 bridgehead atoms. The number of fused-ring (bicyclic) bond motifs is 1. The van der Waals surface area contributed by atoms with Gasteiger partial charge in [-0.05, 0) is 26.0 Å². The quantitative estimate of drug-likeness (QED) is 0.802. The largest absolute Gasteiger partial charge is 0.356 e. The van der Waals surface area contributed by atoms with Crippen LogP contribution in [-0.2, 0) is 5.41 Å². The number of hydrogen-bond acceptors (Lipinski definition) is 2. The van der Waals surface area contributed by atoms with Gasteiger partial charge in [-0.15, -0.1) is 0 Å². The van der Waals surface area contributed by atoms with Crippen molar-refractivity contribution >= 4 is 22.6 Å². The molecule has 0 saturated carbocycles. The summed E-state index contributed by atoms with van der Waals surface area (Å²) in [4.78, 5) is 7.33. The Labute approximate surface area is 92.7 Å². The molecule has 76 valence electrons. The highest BCUT2D eigenvalue weighted by molar-refractivity contribution is 6.31. The second kappa shape index (κ2) is 3.25. The summed E-state index contributed by atoms with van der Waals surface area (Å²) in [6.07, 6.45) is 1.60. The van der Waals surface area contributed by atoms with E-state index < -0.39 is 5.41 Å². The van der Waals surface area contributed by atoms with Crippen molar-refractivity contribution in [2.45, 2.75) is 19.3 Å². The third kappa shape index (κ3) is 1.69. The molecular weight excluding hydrogens is 210 g/mol. The third-order valence-electron chi connectivity index (χ3n) is 2.39. The Morgan fingerprint density at radius 1 is 1.47 bits per heavy atom. The van der Waals surface area contributed by atoms with Crippen LogP contribution < -0.4 is 0 Å². The van der Waals surface area contributed by atoms with Crippen molar-refractivity contribution in [1.29, 1.82) is 5.26 Å². The monoisotopic (exact) mass is 219 g/mol. The van der Waals surface area contributed by atoms with Gasteiger partial charge in [0.1, 0.15) is 0 Å². The second-order valence-electron chi connectivity index (χ2n) is 4.01. The van der Waals surface area contributed by atoms with Crippen LogP contribution in [0.3, 0.4) is 0 Å². The summed E-state index contributed by atoms with van der Waals surface area (Å²) in [5, 5.41) is 9.60. The van der Waals surface area contributed by atoms with E-state index in [4.69, 9.17) is 16.9 Å². The molecule has 4 heteroatoms. The zero-order valence-electron chi connectivity index (χ0n) is 8.50. The summed E-state index contributed by atoms with van der Waals surface area (Å²) in [5.74, 6) is 0. The van der Waals surface area contributed by atoms with E-state index >= 15 is 0 Å². The Kier molecular flexibility index (Phi) is 2.17. The van der Waals surface area contributed by atoms with Gasteiger partial charge in [0, 0.05) is 11.9 Å². The Balaban J connectivity index is 2.63. The molecule has 0 fully saturated rings. The lowest BCUT2D eigenvalue weighted by atomic mass is 9.92. The molecule has 2 rings (SSSR count). The van der Waals surface area contributed by atoms with Gasteiger partial charge in [0.15, 0.2) is 0 Å². The summed E-state index contributed by atoms with van der Waals surface area (Å²) in [7, 11) is 0. The second-order valence-corrected chi connectivity index (χ2v) is 4.44. The molecule has 0 aromatic carbocycles. The lowest BCUT2D eigenvalue weighted by Gasteiger charge is -2.11. The van der Waals surface area contributed by atoms with Crippen LogP contribution in [0, 0.1) is 11.3 Å². The molecule has 0 radical (unpaired) electrons. The number of rotatable bonds is 1. The zero-order valence-corrected chi connectivity index (χ0v) is 9.26. The first-order valence-corrected chi connectivity index (χ1v) is 4.97. The molecular formula is C11H10ClN3. The molecule has 0 unspecified atom stereocenters. The van der Waals surface area contributed by atoms with Crippen LogP contribution in [0.1, 0.15) is 19.5 Å². The summed E-state index contributed by atoms with van der Waals surface area (Å²) >= 11 is 5.83. The normalized spacial score (nSPS) is 11.6. The van der Waals surface area contributed by atoms with Crippen molar-refractivity contribution in [2.24, 2.45) is 0 Å². The molecule has 0 spiro atoms. The first-order chi connectivity index (χ1) is 7.03. The molecule has 0 aliphatic heterocycles. The van der Waals surface area contributed by atoms with Crippen LogP contribution in [0.15, 0.2) is 18.3 Å². The number of hydrogen-bond donors (Lipinski definition) is 1. The van der Waals surface area contributed by atoms with Crippen molar-refractivity contribution in [1.82, 2.24) is 9.97 Å². The maximum atomic E-state index is 9.01. The van der Waals surface area contributed by atoms with Crippen molar-refractivity contribution in [3.8, 4) is 6.07 Å². The minimum atomic E-state index is -0.535. The van der Waals surface area contributed by atoms with Gasteiger partial charge in [-0.1, -0.05) is 11.6 Å². The van der Waals surface area contributed by atoms with Gasteiger partial charge in [-0.2, -0.15) is 5.26 Å². The van der Waals surface area contributed by atoms with Crippen molar-refractivity contribution in [3.63, 3.8) is 0 Å². The van der Waals surface area contributed by atoms with E-state index in [-0.39, 0.29) is 0 Å². The lowest BCUT2D eigenvalue weighted by Crippen LogP contribution is -2.13. The predicted molar refractivity (Wildman–Crippen MR) is 59.7 cm³/mol. The fourth-order valence-corrected chi connectivity index (χ4v) is 1.54. The molecule has 2 heterocycles. The molecule has 0 amide bonds. The molecule has 0 saturated heterocycles. The summed E-state index contributed by atoms with van der Waals surface area (Å²) < 4.78 is 0. The summed E-state index contributed by atoms with van der Waals surface area (Å²) in [5.41, 5.74) is 2.01. The van der Waals surface area contributed by atoms with Gasteiger partial charge in [-0.25, -0.2) is 0 Å². The number of pyridine rings is 1. The van der Waals surface area contributed by atoms with Crippen molar-refractivity contribution in [3.05, 3.63) is 29.0 Å². The summed E-state index contributed by atoms with van der Waals surface area (Å²) in [6, 6.07) is 5.93. The van der Waals surface area contributed by atoms with E-state index in [0.717, 1.165) is 16.7 Å². The van der Waals surface area contributed by atoms with Crippen LogP contribution in [0.25, 0.3) is 11.0 Å². The van der Waals surface area contributed by atoms with Crippen LogP contribution in [0.4, 0.5) is 0 Å². The van der Waals surface area contributed by atoms with E-state index in [2.05, 4.69) is 16.0 Å². The SMILES string of the molecule is CC(C)(C#N)c1cc2ncc(Cl)cc2[nH]1. The number of nitrogens with one attached hydrogen (secondary N) is 1. The number of aromatic amines is 1. The highest BCUT2D eigenvalue weighted by Crippen LogP contribution is 2.25. The fraction of sp³-hybridized carbons (Fsp3) is 0.273. The highest BCUT2D eigenvalue weighted by atomic mass is 35.5. The minimum Gasteiger partial charge on any atom is -0.356 e. The predicted octanol–water partition coefficient (Wildman–Crippen LogP) is 3.02. The number of aromatic nitrogens is 2. The molecule has 2 aromatic rings. The maximum Gasteiger partial charge on any atom is 0.0916 e. The number of halogens is 1. The molecule has 15 heavy (non-hydrogen) atoms. The maximum absolute atomic E-state index is 9.01. The van der Waals surface area contributed by atoms with Gasteiger partial charge >= 0.3 is 0 Å². The van der Waals surface area contributed by atoms with E-state index in [1.807, 2.05) is 19.9 Å². The van der Waals surface area contributed by atoms with Gasteiger partial charge < -0.3 is 4.98 Å². The number of nitrogens with zero attached hydrogens (tertiary/aromatic N) is 2. The van der Waals surface area contributed by atoms with E-state index in [1.165, 1.54) is 0 Å². The lowest BCUT2D eigenvalue weighted by molar-refractivity contribution is 0.667. The number of nitriles is 1. The first kappa shape index (κ1) is 10.0. The Morgan fingerprint density at radius 3 is 2.87 bits per heavy atom. The standard InChI is InChI=1S/C11H10ClN3/c1-11(2,6-13)10-4-8-9(15-10)3-7(12)5-14-8/h3-5,15H,1-2H3. The van der Waals surface area contributed by atoms with Crippen LogP contribution in [-0.4, -0.2) is 9.97 Å². The van der Waals surface area contributed by atoms with E-state index in [1.54, 1.807) is 12.3 Å². The zero-order chi connectivity index (χ0) is 11.1. The topological polar surface area (TPSA) is 52.5 Å². The Morgan fingerprint density at radius 2 is 2.20 bits per heavy atom.